The van der Waals surface area contributed by atoms with Gasteiger partial charge in [0.15, 0.2) is 5.82 Å². The predicted octanol–water partition coefficient (Wildman–Crippen LogP) is 3.81. The van der Waals surface area contributed by atoms with Gasteiger partial charge in [-0.25, -0.2) is 4.98 Å². The molecule has 2 fully saturated rings. The number of likely N-dealkylation sites (N-methyl/N-ethyl adjacent to an activating group) is 2. The van der Waals surface area contributed by atoms with Crippen LogP contribution in [-0.2, 0) is 14.3 Å². The van der Waals surface area contributed by atoms with E-state index in [-0.39, 0.29) is 17.9 Å². The Hall–Kier alpha value is -3.60. The van der Waals surface area contributed by atoms with Gasteiger partial charge in [-0.15, -0.1) is 0 Å². The third-order valence-corrected chi connectivity index (χ3v) is 8.34. The molecule has 5 rings (SSSR count). The van der Waals surface area contributed by atoms with E-state index in [2.05, 4.69) is 51.1 Å². The lowest BCUT2D eigenvalue weighted by Gasteiger charge is -2.43. The topological polar surface area (TPSA) is 103 Å². The second kappa shape index (κ2) is 12.9. The second-order valence-corrected chi connectivity index (χ2v) is 11.2. The Morgan fingerprint density at radius 3 is 2.56 bits per heavy atom. The van der Waals surface area contributed by atoms with Crippen LogP contribution in [0.2, 0.25) is 0 Å². The Bertz CT molecular complexity index is 1230. The van der Waals surface area contributed by atoms with E-state index >= 15 is 0 Å². The van der Waals surface area contributed by atoms with Crippen molar-refractivity contribution in [3.8, 4) is 5.75 Å². The van der Waals surface area contributed by atoms with Crippen LogP contribution in [0, 0.1) is 0 Å². The molecule has 1 saturated carbocycles. The van der Waals surface area contributed by atoms with E-state index in [0.717, 1.165) is 68.3 Å². The van der Waals surface area contributed by atoms with Crippen molar-refractivity contribution in [1.29, 1.82) is 0 Å². The summed E-state index contributed by atoms with van der Waals surface area (Å²) >= 11 is 0. The van der Waals surface area contributed by atoms with Crippen molar-refractivity contribution in [2.24, 2.45) is 0 Å². The highest BCUT2D eigenvalue weighted by molar-refractivity contribution is 6.04. The van der Waals surface area contributed by atoms with E-state index in [1.54, 1.807) is 11.1 Å². The molecule has 1 aromatic heterocycles. The van der Waals surface area contributed by atoms with Crippen LogP contribution in [0.15, 0.2) is 24.4 Å². The fourth-order valence-electron chi connectivity index (χ4n) is 6.02. The fraction of sp³-hybridized carbons (Fsp3) is 0.600. The average Bonchev–Trinajstić information content (AvgIpc) is 3.50. The van der Waals surface area contributed by atoms with Gasteiger partial charge < -0.3 is 34.4 Å². The Morgan fingerprint density at radius 2 is 1.85 bits per heavy atom. The summed E-state index contributed by atoms with van der Waals surface area (Å²) < 4.78 is 11.2. The lowest BCUT2D eigenvalue weighted by atomic mass is 10.0. The zero-order chi connectivity index (χ0) is 28.9. The van der Waals surface area contributed by atoms with Gasteiger partial charge in [-0.2, -0.15) is 4.98 Å². The molecule has 3 aliphatic rings. The van der Waals surface area contributed by atoms with E-state index in [0.29, 0.717) is 37.4 Å². The molecule has 2 aromatic rings. The minimum Gasteiger partial charge on any atom is -0.491 e. The van der Waals surface area contributed by atoms with Crippen LogP contribution < -0.4 is 24.8 Å². The number of hydrogen-bond donors (Lipinski definition) is 1. The maximum Gasteiger partial charge on any atom is 0.302 e. The number of hydrogen-bond acceptors (Lipinski definition) is 10. The molecule has 1 saturated heterocycles. The maximum absolute atomic E-state index is 13.3. The smallest absolute Gasteiger partial charge is 0.302 e. The lowest BCUT2D eigenvalue weighted by molar-refractivity contribution is -0.141. The molecule has 1 amide bonds. The molecule has 0 spiro atoms. The first-order chi connectivity index (χ1) is 19.9. The molecule has 3 heterocycles. The third kappa shape index (κ3) is 6.50. The number of piperazine rings is 1. The van der Waals surface area contributed by atoms with E-state index < -0.39 is 0 Å². The summed E-state index contributed by atoms with van der Waals surface area (Å²) in [7, 11) is 3.96. The Labute approximate surface area is 242 Å². The number of carbonyl (C=O) groups is 2. The van der Waals surface area contributed by atoms with Crippen LogP contribution in [-0.4, -0.2) is 92.3 Å². The number of benzene rings is 1. The molecule has 2 aliphatic heterocycles. The molecular weight excluding hydrogens is 522 g/mol. The number of carbonyl (C=O) groups excluding carboxylic acids is 2. The summed E-state index contributed by atoms with van der Waals surface area (Å²) in [6, 6.07) is 6.23. The summed E-state index contributed by atoms with van der Waals surface area (Å²) in [5.74, 6) is 1.75. The molecule has 11 nitrogen and oxygen atoms in total. The van der Waals surface area contributed by atoms with Crippen LogP contribution in [0.3, 0.4) is 0 Å². The summed E-state index contributed by atoms with van der Waals surface area (Å²) in [6.45, 7) is 8.10. The van der Waals surface area contributed by atoms with E-state index in [1.807, 2.05) is 13.1 Å². The summed E-state index contributed by atoms with van der Waals surface area (Å²) in [5, 5.41) is 3.44. The van der Waals surface area contributed by atoms with Gasteiger partial charge in [-0.1, -0.05) is 19.8 Å². The van der Waals surface area contributed by atoms with E-state index in [4.69, 9.17) is 14.5 Å². The van der Waals surface area contributed by atoms with Crippen molar-refractivity contribution in [1.82, 2.24) is 14.9 Å². The molecule has 0 unspecified atom stereocenters. The molecule has 1 atom stereocenters. The zero-order valence-electron chi connectivity index (χ0n) is 24.8. The van der Waals surface area contributed by atoms with Crippen molar-refractivity contribution in [2.45, 2.75) is 64.5 Å². The zero-order valence-corrected chi connectivity index (χ0v) is 24.8. The third-order valence-electron chi connectivity index (χ3n) is 8.34. The number of aromatic nitrogens is 2. The number of esters is 1. The number of amides is 1. The van der Waals surface area contributed by atoms with Crippen molar-refractivity contribution in [3.05, 3.63) is 24.4 Å². The normalized spacial score (nSPS) is 19.9. The Kier molecular flexibility index (Phi) is 9.12. The quantitative estimate of drug-likeness (QED) is 0.338. The van der Waals surface area contributed by atoms with Gasteiger partial charge in [0.2, 0.25) is 11.9 Å². The second-order valence-electron chi connectivity index (χ2n) is 11.2. The number of anilines is 5. The minimum absolute atomic E-state index is 0.0977. The van der Waals surface area contributed by atoms with Gasteiger partial charge in [0, 0.05) is 58.3 Å². The molecule has 1 N–H and O–H groups in total. The van der Waals surface area contributed by atoms with E-state index in [9.17, 15) is 9.59 Å². The SMILES string of the molecule is CC[C@@H]1C(=O)N(C)c2cnc(Nc3cc(N4CCN(C)CC4)ccc3OCCCOC(C)=O)nc2N1C1CCCC1. The van der Waals surface area contributed by atoms with Crippen LogP contribution in [0.25, 0.3) is 0 Å². The van der Waals surface area contributed by atoms with Crippen LogP contribution >= 0.6 is 0 Å². The van der Waals surface area contributed by atoms with Crippen LogP contribution in [0.1, 0.15) is 52.4 Å². The number of rotatable bonds is 10. The van der Waals surface area contributed by atoms with Crippen molar-refractivity contribution < 1.29 is 19.1 Å². The fourth-order valence-corrected chi connectivity index (χ4v) is 6.02. The molecule has 1 aromatic carbocycles. The van der Waals surface area contributed by atoms with Crippen molar-refractivity contribution in [2.75, 3.05) is 73.5 Å². The number of fused-ring (bicyclic) bond motifs is 1. The van der Waals surface area contributed by atoms with Crippen LogP contribution in [0.5, 0.6) is 5.75 Å². The molecule has 41 heavy (non-hydrogen) atoms. The highest BCUT2D eigenvalue weighted by Crippen LogP contribution is 2.40. The molecular formula is C30H43N7O4. The van der Waals surface area contributed by atoms with Gasteiger partial charge in [0.05, 0.1) is 25.1 Å². The first kappa shape index (κ1) is 28.9. The highest BCUT2D eigenvalue weighted by atomic mass is 16.5. The Morgan fingerprint density at radius 1 is 1.10 bits per heavy atom. The summed E-state index contributed by atoms with van der Waals surface area (Å²) in [4.78, 5) is 42.7. The van der Waals surface area contributed by atoms with Gasteiger partial charge in [-0.05, 0) is 44.5 Å². The number of ether oxygens (including phenoxy) is 2. The van der Waals surface area contributed by atoms with Gasteiger partial charge in [0.1, 0.15) is 17.5 Å². The highest BCUT2D eigenvalue weighted by Gasteiger charge is 2.41. The summed E-state index contributed by atoms with van der Waals surface area (Å²) in [5.41, 5.74) is 2.62. The maximum atomic E-state index is 13.3. The summed E-state index contributed by atoms with van der Waals surface area (Å²) in [6.07, 6.45) is 7.54. The lowest BCUT2D eigenvalue weighted by Crippen LogP contribution is -2.55. The molecule has 0 radical (unpaired) electrons. The van der Waals surface area contributed by atoms with Gasteiger partial charge >= 0.3 is 5.97 Å². The van der Waals surface area contributed by atoms with E-state index in [1.165, 1.54) is 19.8 Å². The first-order valence-electron chi connectivity index (χ1n) is 14.9. The largest absolute Gasteiger partial charge is 0.491 e. The number of nitrogens with zero attached hydrogens (tertiary/aromatic N) is 6. The molecule has 222 valence electrons. The Balaban J connectivity index is 1.43. The van der Waals surface area contributed by atoms with Gasteiger partial charge in [0.25, 0.3) is 0 Å². The van der Waals surface area contributed by atoms with Crippen molar-refractivity contribution >= 4 is 40.7 Å². The average molecular weight is 566 g/mol. The first-order valence-corrected chi connectivity index (χ1v) is 14.9. The standard InChI is InChI=1S/C30H43N7O4/c1-5-25-29(39)35(4)26-20-31-30(33-28(26)37(25)22-9-6-7-10-22)32-24-19-23(36-15-13-34(3)14-16-36)11-12-27(24)41-18-8-17-40-21(2)38/h11-12,19-20,22,25H,5-10,13-18H2,1-4H3,(H,31,32,33)/t25-/m1/s1. The number of nitrogens with one attached hydrogen (secondary N) is 1. The molecule has 11 heteroatoms. The van der Waals surface area contributed by atoms with Crippen LogP contribution in [0.4, 0.5) is 28.8 Å². The monoisotopic (exact) mass is 565 g/mol. The predicted molar refractivity (Wildman–Crippen MR) is 160 cm³/mol. The molecule has 0 bridgehead atoms. The van der Waals surface area contributed by atoms with Crippen molar-refractivity contribution in [3.63, 3.8) is 0 Å². The minimum atomic E-state index is -0.294. The molecule has 1 aliphatic carbocycles. The van der Waals surface area contributed by atoms with Gasteiger partial charge in [-0.3, -0.25) is 9.59 Å².